The molecule has 176 valence electrons. The number of ether oxygens (including phenoxy) is 1. The number of carbonyl (C=O) groups excluding carboxylic acids is 1. The first-order valence-corrected chi connectivity index (χ1v) is 10.3. The molecular formula is C22H17BrF6N2O2. The van der Waals surface area contributed by atoms with Crippen LogP contribution in [0.5, 0.6) is 0 Å². The number of nitrogens with one attached hydrogen (secondary N) is 1. The van der Waals surface area contributed by atoms with Crippen molar-refractivity contribution < 1.29 is 35.9 Å². The van der Waals surface area contributed by atoms with Crippen molar-refractivity contribution >= 4 is 38.6 Å². The summed E-state index contributed by atoms with van der Waals surface area (Å²) in [6.07, 6.45) is -4.94. The number of nitrogens with zero attached hydrogens (tertiary/aromatic N) is 1. The molecule has 0 aliphatic carbocycles. The molecule has 3 aromatic rings. The molecule has 1 heterocycles. The number of anilines is 1. The van der Waals surface area contributed by atoms with E-state index in [1.165, 1.54) is 12.5 Å². The molecule has 0 radical (unpaired) electrons. The van der Waals surface area contributed by atoms with Crippen LogP contribution in [0.4, 0.5) is 36.8 Å². The number of amides is 1. The summed E-state index contributed by atoms with van der Waals surface area (Å²) in [7, 11) is 0. The maximum atomic E-state index is 13.1. The first-order valence-electron chi connectivity index (χ1n) is 9.53. The van der Waals surface area contributed by atoms with Crippen molar-refractivity contribution in [1.82, 2.24) is 4.57 Å². The molecule has 1 amide bonds. The first-order chi connectivity index (χ1) is 15.4. The predicted molar refractivity (Wildman–Crippen MR) is 115 cm³/mol. The average molecular weight is 535 g/mol. The highest BCUT2D eigenvalue weighted by Crippen LogP contribution is 2.37. The lowest BCUT2D eigenvalue weighted by Gasteiger charge is -2.15. The first kappa shape index (κ1) is 24.7. The third kappa shape index (κ3) is 5.89. The largest absolute Gasteiger partial charge is 0.501 e. The minimum absolute atomic E-state index is 0.00109. The Bertz CT molecular complexity index is 1170. The van der Waals surface area contributed by atoms with Crippen LogP contribution in [-0.2, 0) is 23.5 Å². The van der Waals surface area contributed by atoms with Gasteiger partial charge in [0.1, 0.15) is 0 Å². The quantitative estimate of drug-likeness (QED) is 0.208. The van der Waals surface area contributed by atoms with Gasteiger partial charge < -0.3 is 10.1 Å². The maximum Gasteiger partial charge on any atom is 0.416 e. The summed E-state index contributed by atoms with van der Waals surface area (Å²) in [6.45, 7) is 2.09. The Morgan fingerprint density at radius 1 is 1.06 bits per heavy atom. The van der Waals surface area contributed by atoms with E-state index < -0.39 is 35.2 Å². The van der Waals surface area contributed by atoms with Gasteiger partial charge in [0.25, 0.3) is 0 Å². The molecular weight excluding hydrogens is 518 g/mol. The van der Waals surface area contributed by atoms with Gasteiger partial charge in [-0.25, -0.2) is 4.79 Å². The van der Waals surface area contributed by atoms with Gasteiger partial charge in [-0.3, -0.25) is 4.57 Å². The van der Waals surface area contributed by atoms with Crippen molar-refractivity contribution in [2.45, 2.75) is 25.7 Å². The monoisotopic (exact) mass is 534 g/mol. The van der Waals surface area contributed by atoms with Crippen molar-refractivity contribution in [2.75, 3.05) is 11.9 Å². The molecule has 0 spiro atoms. The molecule has 0 aliphatic heterocycles. The van der Waals surface area contributed by atoms with Crippen LogP contribution in [-0.4, -0.2) is 17.2 Å². The highest BCUT2D eigenvalue weighted by atomic mass is 79.9. The molecule has 2 aromatic carbocycles. The highest BCUT2D eigenvalue weighted by Gasteiger charge is 2.37. The van der Waals surface area contributed by atoms with E-state index in [0.29, 0.717) is 41.6 Å². The molecule has 0 fully saturated rings. The maximum absolute atomic E-state index is 13.1. The molecule has 3 rings (SSSR count). The molecule has 11 heteroatoms. The molecule has 0 atom stereocenters. The van der Waals surface area contributed by atoms with Crippen LogP contribution in [0, 0.1) is 0 Å². The van der Waals surface area contributed by atoms with Crippen LogP contribution in [0.1, 0.15) is 23.6 Å². The molecule has 33 heavy (non-hydrogen) atoms. The number of hydrogen-bond donors (Lipinski definition) is 1. The highest BCUT2D eigenvalue weighted by molar-refractivity contribution is 9.10. The molecule has 1 N–H and O–H groups in total. The summed E-state index contributed by atoms with van der Waals surface area (Å²) in [6, 6.07) is 5.05. The van der Waals surface area contributed by atoms with Crippen molar-refractivity contribution in [3.8, 4) is 0 Å². The molecule has 4 nitrogen and oxygen atoms in total. The van der Waals surface area contributed by atoms with Crippen molar-refractivity contribution in [3.05, 3.63) is 76.1 Å². The number of halogens is 7. The van der Waals surface area contributed by atoms with Gasteiger partial charge in [0, 0.05) is 28.2 Å². The van der Waals surface area contributed by atoms with E-state index in [1.54, 1.807) is 31.2 Å². The second-order valence-electron chi connectivity index (χ2n) is 7.00. The van der Waals surface area contributed by atoms with Crippen LogP contribution < -0.4 is 5.32 Å². The lowest BCUT2D eigenvalue weighted by atomic mass is 10.1. The number of rotatable bonds is 5. The van der Waals surface area contributed by atoms with E-state index in [-0.39, 0.29) is 6.07 Å². The number of alkyl halides is 6. The number of carbonyl (C=O) groups is 1. The average Bonchev–Trinajstić information content (AvgIpc) is 3.07. The van der Waals surface area contributed by atoms with E-state index in [9.17, 15) is 31.1 Å². The molecule has 0 bridgehead atoms. The van der Waals surface area contributed by atoms with Crippen molar-refractivity contribution in [1.29, 1.82) is 0 Å². The number of fused-ring (bicyclic) bond motifs is 1. The minimum atomic E-state index is -5.02. The van der Waals surface area contributed by atoms with Crippen molar-refractivity contribution in [3.63, 3.8) is 0 Å². The summed E-state index contributed by atoms with van der Waals surface area (Å²) in [5.41, 5.74) is -2.52. The standard InChI is InChI=1S/C22H17BrF6N2O2/c1-2-6-33-7-5-13-12-31(19-4-3-16(23)11-18(13)19)20(32)30-17-9-14(21(24,25)26)8-15(10-17)22(27,28)29/h2-4,6,8-12H,5,7H2,1H3,(H,30,32). The van der Waals surface area contributed by atoms with Gasteiger partial charge >= 0.3 is 18.4 Å². The second-order valence-corrected chi connectivity index (χ2v) is 7.92. The van der Waals surface area contributed by atoms with E-state index in [4.69, 9.17) is 4.74 Å². The number of aromatic nitrogens is 1. The third-order valence-corrected chi connectivity index (χ3v) is 5.12. The van der Waals surface area contributed by atoms with Gasteiger partial charge in [-0.1, -0.05) is 22.0 Å². The number of allylic oxidation sites excluding steroid dienone is 1. The smallest absolute Gasteiger partial charge is 0.416 e. The van der Waals surface area contributed by atoms with Gasteiger partial charge in [0.05, 0.1) is 29.5 Å². The summed E-state index contributed by atoms with van der Waals surface area (Å²) in [5, 5.41) is 2.83. The third-order valence-electron chi connectivity index (χ3n) is 4.63. The Kier molecular flexibility index (Phi) is 7.11. The summed E-state index contributed by atoms with van der Waals surface area (Å²) >= 11 is 3.35. The Labute approximate surface area is 193 Å². The van der Waals surface area contributed by atoms with Crippen LogP contribution in [0.3, 0.4) is 0 Å². The fourth-order valence-corrected chi connectivity index (χ4v) is 3.54. The zero-order valence-corrected chi connectivity index (χ0v) is 18.6. The van der Waals surface area contributed by atoms with Crippen LogP contribution in [0.2, 0.25) is 0 Å². The van der Waals surface area contributed by atoms with E-state index in [1.807, 2.05) is 0 Å². The van der Waals surface area contributed by atoms with E-state index in [2.05, 4.69) is 21.2 Å². The lowest BCUT2D eigenvalue weighted by molar-refractivity contribution is -0.143. The van der Waals surface area contributed by atoms with Crippen LogP contribution in [0.15, 0.2) is 59.4 Å². The fraction of sp³-hybridized carbons (Fsp3) is 0.227. The fourth-order valence-electron chi connectivity index (χ4n) is 3.18. The molecule has 0 unspecified atom stereocenters. The number of hydrogen-bond acceptors (Lipinski definition) is 2. The molecule has 0 aliphatic rings. The zero-order valence-electron chi connectivity index (χ0n) is 17.0. The SMILES string of the molecule is CC=COCCc1cn(C(=O)Nc2cc(C(F)(F)F)cc(C(F)(F)F)c2)c2ccc(Br)cc12. The topological polar surface area (TPSA) is 43.3 Å². The lowest BCUT2D eigenvalue weighted by Crippen LogP contribution is -2.20. The minimum Gasteiger partial charge on any atom is -0.501 e. The van der Waals surface area contributed by atoms with Crippen LogP contribution >= 0.6 is 15.9 Å². The molecule has 1 aromatic heterocycles. The second kappa shape index (κ2) is 9.50. The van der Waals surface area contributed by atoms with Gasteiger partial charge in [-0.05, 0) is 48.9 Å². The Hall–Kier alpha value is -2.95. The van der Waals surface area contributed by atoms with Crippen LogP contribution in [0.25, 0.3) is 10.9 Å². The predicted octanol–water partition coefficient (Wildman–Crippen LogP) is 7.61. The van der Waals surface area contributed by atoms with Gasteiger partial charge in [0.15, 0.2) is 0 Å². The Morgan fingerprint density at radius 3 is 2.27 bits per heavy atom. The van der Waals surface area contributed by atoms with E-state index in [0.717, 1.165) is 9.04 Å². The van der Waals surface area contributed by atoms with E-state index >= 15 is 0 Å². The van der Waals surface area contributed by atoms with Gasteiger partial charge in [0.2, 0.25) is 0 Å². The normalized spacial score (nSPS) is 12.5. The van der Waals surface area contributed by atoms with Gasteiger partial charge in [-0.2, -0.15) is 26.3 Å². The van der Waals surface area contributed by atoms with Gasteiger partial charge in [-0.15, -0.1) is 0 Å². The molecule has 0 saturated carbocycles. The summed E-state index contributed by atoms with van der Waals surface area (Å²) in [5.74, 6) is 0. The number of benzene rings is 2. The zero-order chi connectivity index (χ0) is 24.4. The van der Waals surface area contributed by atoms with Crippen molar-refractivity contribution in [2.24, 2.45) is 0 Å². The summed E-state index contributed by atoms with van der Waals surface area (Å²) < 4.78 is 85.9. The molecule has 0 saturated heterocycles. The summed E-state index contributed by atoms with van der Waals surface area (Å²) in [4.78, 5) is 12.9. The Morgan fingerprint density at radius 2 is 1.70 bits per heavy atom. The Balaban J connectivity index is 1.98.